The van der Waals surface area contributed by atoms with E-state index in [-0.39, 0.29) is 5.91 Å². The third-order valence-corrected chi connectivity index (χ3v) is 3.30. The van der Waals surface area contributed by atoms with Crippen LogP contribution >= 0.6 is 0 Å². The lowest BCUT2D eigenvalue weighted by Crippen LogP contribution is -2.27. The number of nitrogens with zero attached hydrogens (tertiary/aromatic N) is 1. The van der Waals surface area contributed by atoms with E-state index >= 15 is 0 Å². The molecule has 1 aliphatic rings. The number of carbonyl (C=O) groups is 1. The zero-order valence-corrected chi connectivity index (χ0v) is 11.1. The van der Waals surface area contributed by atoms with Crippen LogP contribution in [-0.4, -0.2) is 30.6 Å². The van der Waals surface area contributed by atoms with E-state index < -0.39 is 0 Å². The molecule has 6 nitrogen and oxygen atoms in total. The first-order chi connectivity index (χ1) is 9.20. The fourth-order valence-electron chi connectivity index (χ4n) is 2.16. The van der Waals surface area contributed by atoms with Crippen LogP contribution in [0, 0.1) is 12.8 Å². The van der Waals surface area contributed by atoms with Crippen LogP contribution in [0.2, 0.25) is 0 Å². The van der Waals surface area contributed by atoms with Crippen molar-refractivity contribution >= 4 is 11.6 Å². The molecule has 0 saturated carbocycles. The third kappa shape index (κ3) is 3.65. The van der Waals surface area contributed by atoms with Crippen LogP contribution in [-0.2, 0) is 4.74 Å². The highest BCUT2D eigenvalue weighted by molar-refractivity contribution is 5.99. The maximum absolute atomic E-state index is 12.0. The van der Waals surface area contributed by atoms with Crippen LogP contribution < -0.4 is 16.6 Å². The zero-order chi connectivity index (χ0) is 13.7. The van der Waals surface area contributed by atoms with Crippen molar-refractivity contribution in [2.75, 3.05) is 25.2 Å². The quantitative estimate of drug-likeness (QED) is 0.541. The highest BCUT2D eigenvalue weighted by atomic mass is 16.5. The number of carbonyl (C=O) groups excluding carboxylic acids is 1. The minimum atomic E-state index is -0.153. The molecule has 1 aromatic rings. The Balaban J connectivity index is 1.88. The highest BCUT2D eigenvalue weighted by Gasteiger charge is 2.16. The van der Waals surface area contributed by atoms with E-state index in [1.165, 1.54) is 0 Å². The lowest BCUT2D eigenvalue weighted by molar-refractivity contribution is 0.0951. The molecule has 19 heavy (non-hydrogen) atoms. The summed E-state index contributed by atoms with van der Waals surface area (Å²) in [6.07, 6.45) is 3.56. The number of nitrogen functional groups attached to an aromatic ring is 1. The summed E-state index contributed by atoms with van der Waals surface area (Å²) in [6, 6.07) is 1.75. The van der Waals surface area contributed by atoms with E-state index in [4.69, 9.17) is 10.6 Å². The van der Waals surface area contributed by atoms with Gasteiger partial charge in [0.2, 0.25) is 0 Å². The molecule has 2 heterocycles. The van der Waals surface area contributed by atoms with E-state index in [1.807, 2.05) is 6.92 Å². The fourth-order valence-corrected chi connectivity index (χ4v) is 2.16. The molecule has 1 aromatic heterocycles. The van der Waals surface area contributed by atoms with Gasteiger partial charge in [-0.1, -0.05) is 0 Å². The molecular formula is C13H20N4O2. The lowest BCUT2D eigenvalue weighted by Gasteiger charge is -2.11. The molecule has 1 saturated heterocycles. The first-order valence-electron chi connectivity index (χ1n) is 6.50. The first kappa shape index (κ1) is 13.8. The Kier molecular flexibility index (Phi) is 4.70. The Morgan fingerprint density at radius 2 is 2.47 bits per heavy atom. The predicted molar refractivity (Wildman–Crippen MR) is 72.7 cm³/mol. The molecule has 0 spiro atoms. The predicted octanol–water partition coefficient (Wildman–Crippen LogP) is 0.832. The Morgan fingerprint density at radius 1 is 1.63 bits per heavy atom. The molecule has 1 amide bonds. The molecule has 104 valence electrons. The van der Waals surface area contributed by atoms with Crippen molar-refractivity contribution in [1.29, 1.82) is 0 Å². The molecule has 1 atom stereocenters. The summed E-state index contributed by atoms with van der Waals surface area (Å²) in [4.78, 5) is 16.1. The van der Waals surface area contributed by atoms with Gasteiger partial charge in [-0.05, 0) is 31.7 Å². The summed E-state index contributed by atoms with van der Waals surface area (Å²) in [5.41, 5.74) is 4.40. The Labute approximate surface area is 112 Å². The Hall–Kier alpha value is -1.66. The number of rotatable bonds is 5. The maximum atomic E-state index is 12.0. The van der Waals surface area contributed by atoms with Gasteiger partial charge in [0.05, 0.1) is 11.3 Å². The maximum Gasteiger partial charge on any atom is 0.255 e. The van der Waals surface area contributed by atoms with Crippen molar-refractivity contribution in [2.24, 2.45) is 11.8 Å². The van der Waals surface area contributed by atoms with Crippen molar-refractivity contribution in [3.63, 3.8) is 0 Å². The van der Waals surface area contributed by atoms with Gasteiger partial charge in [0.15, 0.2) is 0 Å². The first-order valence-corrected chi connectivity index (χ1v) is 6.50. The average molecular weight is 264 g/mol. The number of hydrogen-bond donors (Lipinski definition) is 3. The molecule has 0 radical (unpaired) electrons. The standard InChI is InChI=1S/C13H20N4O2/c1-9-6-12(17-14)11(7-16-9)13(18)15-4-2-10-3-5-19-8-10/h6-7,10H,2-5,8,14H2,1H3,(H,15,18)(H,16,17). The summed E-state index contributed by atoms with van der Waals surface area (Å²) < 4.78 is 5.30. The molecule has 0 aromatic carbocycles. The fraction of sp³-hybridized carbons (Fsp3) is 0.538. The van der Waals surface area contributed by atoms with Crippen molar-refractivity contribution in [3.05, 3.63) is 23.5 Å². The molecule has 0 bridgehead atoms. The topological polar surface area (TPSA) is 89.3 Å². The number of hydrazine groups is 1. The van der Waals surface area contributed by atoms with Gasteiger partial charge in [-0.2, -0.15) is 0 Å². The number of pyridine rings is 1. The summed E-state index contributed by atoms with van der Waals surface area (Å²) >= 11 is 0. The van der Waals surface area contributed by atoms with Crippen LogP contribution in [0.3, 0.4) is 0 Å². The van der Waals surface area contributed by atoms with Crippen LogP contribution in [0.1, 0.15) is 28.9 Å². The van der Waals surface area contributed by atoms with Crippen molar-refractivity contribution < 1.29 is 9.53 Å². The number of nitrogens with two attached hydrogens (primary N) is 1. The lowest BCUT2D eigenvalue weighted by atomic mass is 10.1. The molecule has 2 rings (SSSR count). The molecular weight excluding hydrogens is 244 g/mol. The number of aryl methyl sites for hydroxylation is 1. The average Bonchev–Trinajstić information content (AvgIpc) is 2.91. The summed E-state index contributed by atoms with van der Waals surface area (Å²) in [5.74, 6) is 5.82. The van der Waals surface area contributed by atoms with Gasteiger partial charge in [-0.3, -0.25) is 15.6 Å². The number of ether oxygens (including phenoxy) is 1. The second kappa shape index (κ2) is 6.49. The zero-order valence-electron chi connectivity index (χ0n) is 11.1. The van der Waals surface area contributed by atoms with E-state index in [0.717, 1.165) is 31.7 Å². The van der Waals surface area contributed by atoms with Gasteiger partial charge in [-0.15, -0.1) is 0 Å². The molecule has 1 fully saturated rings. The van der Waals surface area contributed by atoms with E-state index in [2.05, 4.69) is 15.7 Å². The summed E-state index contributed by atoms with van der Waals surface area (Å²) in [6.45, 7) is 4.13. The van der Waals surface area contributed by atoms with Crippen molar-refractivity contribution in [2.45, 2.75) is 19.8 Å². The highest BCUT2D eigenvalue weighted by Crippen LogP contribution is 2.16. The van der Waals surface area contributed by atoms with Gasteiger partial charge in [0, 0.05) is 31.6 Å². The molecule has 0 aliphatic carbocycles. The summed E-state index contributed by atoms with van der Waals surface area (Å²) in [5, 5.41) is 2.89. The van der Waals surface area contributed by atoms with E-state index in [1.54, 1.807) is 12.3 Å². The van der Waals surface area contributed by atoms with Gasteiger partial charge >= 0.3 is 0 Å². The SMILES string of the molecule is Cc1cc(NN)c(C(=O)NCCC2CCOC2)cn1. The second-order valence-electron chi connectivity index (χ2n) is 4.79. The van der Waals surface area contributed by atoms with Crippen LogP contribution in [0.15, 0.2) is 12.3 Å². The molecule has 1 unspecified atom stereocenters. The normalized spacial score (nSPS) is 18.3. The number of aromatic nitrogens is 1. The number of nitrogens with one attached hydrogen (secondary N) is 2. The number of amides is 1. The molecule has 6 heteroatoms. The molecule has 1 aliphatic heterocycles. The third-order valence-electron chi connectivity index (χ3n) is 3.30. The second-order valence-corrected chi connectivity index (χ2v) is 4.79. The van der Waals surface area contributed by atoms with Gasteiger partial charge in [-0.25, -0.2) is 0 Å². The minimum Gasteiger partial charge on any atom is -0.381 e. The number of anilines is 1. The van der Waals surface area contributed by atoms with Crippen molar-refractivity contribution in [3.8, 4) is 0 Å². The van der Waals surface area contributed by atoms with Crippen LogP contribution in [0.5, 0.6) is 0 Å². The monoisotopic (exact) mass is 264 g/mol. The van der Waals surface area contributed by atoms with Gasteiger partial charge in [0.1, 0.15) is 0 Å². The number of hydrogen-bond acceptors (Lipinski definition) is 5. The van der Waals surface area contributed by atoms with Gasteiger partial charge in [0.25, 0.3) is 5.91 Å². The Morgan fingerprint density at radius 3 is 3.16 bits per heavy atom. The van der Waals surface area contributed by atoms with Crippen LogP contribution in [0.25, 0.3) is 0 Å². The van der Waals surface area contributed by atoms with Crippen LogP contribution in [0.4, 0.5) is 5.69 Å². The molecule has 4 N–H and O–H groups in total. The van der Waals surface area contributed by atoms with E-state index in [9.17, 15) is 4.79 Å². The van der Waals surface area contributed by atoms with Crippen molar-refractivity contribution in [1.82, 2.24) is 10.3 Å². The largest absolute Gasteiger partial charge is 0.381 e. The van der Waals surface area contributed by atoms with E-state index in [0.29, 0.717) is 23.7 Å². The minimum absolute atomic E-state index is 0.153. The van der Waals surface area contributed by atoms with Gasteiger partial charge < -0.3 is 15.5 Å². The summed E-state index contributed by atoms with van der Waals surface area (Å²) in [7, 11) is 0. The Bertz CT molecular complexity index is 444. The smallest absolute Gasteiger partial charge is 0.255 e.